The number of methoxy groups -OCH3 is 1. The van der Waals surface area contributed by atoms with Gasteiger partial charge in [-0.25, -0.2) is 8.42 Å². The zero-order chi connectivity index (χ0) is 19.6. The molecule has 140 valence electrons. The molecule has 3 aromatic rings. The first-order valence-electron chi connectivity index (χ1n) is 8.39. The van der Waals surface area contributed by atoms with Crippen molar-refractivity contribution in [3.8, 4) is 17.1 Å². The average Bonchev–Trinajstić information content (AvgIpc) is 2.60. The predicted octanol–water partition coefficient (Wildman–Crippen LogP) is 3.88. The number of aryl methyl sites for hydroxylation is 3. The Labute approximate surface area is 159 Å². The Hall–Kier alpha value is -2.93. The van der Waals surface area contributed by atoms with Crippen molar-refractivity contribution in [2.45, 2.75) is 25.7 Å². The van der Waals surface area contributed by atoms with E-state index in [1.807, 2.05) is 25.1 Å². The van der Waals surface area contributed by atoms with E-state index in [1.54, 1.807) is 44.2 Å². The van der Waals surface area contributed by atoms with Gasteiger partial charge in [-0.3, -0.25) is 4.72 Å². The van der Waals surface area contributed by atoms with Crippen LogP contribution in [0, 0.1) is 20.8 Å². The monoisotopic (exact) mass is 383 g/mol. The Morgan fingerprint density at radius 3 is 2.22 bits per heavy atom. The smallest absolute Gasteiger partial charge is 0.262 e. The maximum Gasteiger partial charge on any atom is 0.262 e. The molecule has 0 bridgehead atoms. The molecular formula is C20H21N3O3S. The average molecular weight is 383 g/mol. The minimum absolute atomic E-state index is 0.308. The molecule has 0 radical (unpaired) electrons. The number of hydrogen-bond acceptors (Lipinski definition) is 5. The molecule has 7 heteroatoms. The molecule has 27 heavy (non-hydrogen) atoms. The molecule has 0 amide bonds. The minimum Gasteiger partial charge on any atom is -0.480 e. The van der Waals surface area contributed by atoms with Crippen molar-refractivity contribution in [2.75, 3.05) is 11.8 Å². The van der Waals surface area contributed by atoms with Crippen LogP contribution in [0.15, 0.2) is 53.4 Å². The van der Waals surface area contributed by atoms with E-state index in [9.17, 15) is 8.42 Å². The summed E-state index contributed by atoms with van der Waals surface area (Å²) in [6, 6.07) is 14.3. The van der Waals surface area contributed by atoms with Crippen molar-refractivity contribution in [3.05, 3.63) is 65.2 Å². The number of hydrogen-bond donors (Lipinski definition) is 1. The topological polar surface area (TPSA) is 81.2 Å². The summed E-state index contributed by atoms with van der Waals surface area (Å²) in [6.07, 6.45) is 0. The van der Waals surface area contributed by atoms with Gasteiger partial charge in [-0.2, -0.15) is 0 Å². The van der Waals surface area contributed by atoms with E-state index in [2.05, 4.69) is 14.9 Å². The summed E-state index contributed by atoms with van der Waals surface area (Å²) in [5.74, 6) is 0.418. The molecule has 6 nitrogen and oxygen atoms in total. The number of ether oxygens (including phenoxy) is 1. The van der Waals surface area contributed by atoms with Crippen LogP contribution >= 0.6 is 0 Å². The maximum atomic E-state index is 12.9. The summed E-state index contributed by atoms with van der Waals surface area (Å²) in [5, 5.41) is 8.05. The summed E-state index contributed by atoms with van der Waals surface area (Å²) < 4.78 is 33.5. The zero-order valence-corrected chi connectivity index (χ0v) is 16.5. The first kappa shape index (κ1) is 18.8. The van der Waals surface area contributed by atoms with Crippen LogP contribution in [-0.2, 0) is 10.0 Å². The van der Waals surface area contributed by atoms with Crippen LogP contribution in [0.3, 0.4) is 0 Å². The van der Waals surface area contributed by atoms with E-state index in [0.29, 0.717) is 22.2 Å². The molecule has 0 aliphatic carbocycles. The predicted molar refractivity (Wildman–Crippen MR) is 105 cm³/mol. The molecule has 0 spiro atoms. The molecule has 1 N–H and O–H groups in total. The molecule has 0 atom stereocenters. The molecule has 0 aliphatic heterocycles. The Balaban J connectivity index is 1.94. The quantitative estimate of drug-likeness (QED) is 0.723. The van der Waals surface area contributed by atoms with Gasteiger partial charge in [0.2, 0.25) is 5.88 Å². The largest absolute Gasteiger partial charge is 0.480 e. The Morgan fingerprint density at radius 2 is 1.63 bits per heavy atom. The summed E-state index contributed by atoms with van der Waals surface area (Å²) in [6.45, 7) is 5.55. The van der Waals surface area contributed by atoms with E-state index in [-0.39, 0.29) is 0 Å². The third-order valence-electron chi connectivity index (χ3n) is 4.13. The lowest BCUT2D eigenvalue weighted by molar-refractivity contribution is 0.392. The van der Waals surface area contributed by atoms with Gasteiger partial charge in [0.1, 0.15) is 0 Å². The number of aromatic nitrogens is 2. The van der Waals surface area contributed by atoms with Crippen molar-refractivity contribution in [1.82, 2.24) is 10.2 Å². The summed E-state index contributed by atoms with van der Waals surface area (Å²) in [7, 11) is -2.19. The third-order valence-corrected chi connectivity index (χ3v) is 5.82. The molecule has 2 aromatic carbocycles. The molecule has 3 rings (SSSR count). The number of benzene rings is 2. The highest BCUT2D eigenvalue weighted by atomic mass is 32.2. The first-order chi connectivity index (χ1) is 12.8. The van der Waals surface area contributed by atoms with Gasteiger partial charge < -0.3 is 4.74 Å². The second-order valence-electron chi connectivity index (χ2n) is 6.38. The van der Waals surface area contributed by atoms with Crippen molar-refractivity contribution < 1.29 is 13.2 Å². The Kier molecular flexibility index (Phi) is 5.14. The lowest BCUT2D eigenvalue weighted by atomic mass is 10.1. The zero-order valence-electron chi connectivity index (χ0n) is 15.6. The van der Waals surface area contributed by atoms with E-state index in [1.165, 1.54) is 7.11 Å². The van der Waals surface area contributed by atoms with Gasteiger partial charge in [-0.1, -0.05) is 29.8 Å². The van der Waals surface area contributed by atoms with Crippen molar-refractivity contribution in [3.63, 3.8) is 0 Å². The Morgan fingerprint density at radius 1 is 0.926 bits per heavy atom. The fraction of sp³-hybridized carbons (Fsp3) is 0.200. The fourth-order valence-corrected chi connectivity index (χ4v) is 4.63. The van der Waals surface area contributed by atoms with Crippen LogP contribution in [0.25, 0.3) is 11.3 Å². The second kappa shape index (κ2) is 7.36. The first-order valence-corrected chi connectivity index (χ1v) is 9.87. The number of rotatable bonds is 5. The van der Waals surface area contributed by atoms with Crippen LogP contribution in [0.2, 0.25) is 0 Å². The van der Waals surface area contributed by atoms with Gasteiger partial charge >= 0.3 is 0 Å². The SMILES string of the molecule is COc1ccc(-c2cccc(NS(=O)(=O)c3c(C)cc(C)cc3C)c2)nn1. The lowest BCUT2D eigenvalue weighted by Crippen LogP contribution is -2.16. The van der Waals surface area contributed by atoms with Gasteiger partial charge in [-0.15, -0.1) is 10.2 Å². The molecule has 0 aliphatic rings. The van der Waals surface area contributed by atoms with E-state index in [0.717, 1.165) is 22.3 Å². The molecule has 1 heterocycles. The summed E-state index contributed by atoms with van der Waals surface area (Å²) in [4.78, 5) is 0.308. The third kappa shape index (κ3) is 4.09. The van der Waals surface area contributed by atoms with Gasteiger partial charge in [0.05, 0.1) is 17.7 Å². The van der Waals surface area contributed by atoms with Crippen LogP contribution in [0.4, 0.5) is 5.69 Å². The van der Waals surface area contributed by atoms with Gasteiger partial charge in [-0.05, 0) is 50.1 Å². The van der Waals surface area contributed by atoms with E-state index < -0.39 is 10.0 Å². The molecule has 1 aromatic heterocycles. The van der Waals surface area contributed by atoms with E-state index >= 15 is 0 Å². The number of nitrogens with zero attached hydrogens (tertiary/aromatic N) is 2. The second-order valence-corrected chi connectivity index (χ2v) is 7.99. The van der Waals surface area contributed by atoms with Crippen molar-refractivity contribution >= 4 is 15.7 Å². The summed E-state index contributed by atoms with van der Waals surface area (Å²) in [5.41, 5.74) is 4.31. The van der Waals surface area contributed by atoms with Crippen LogP contribution in [0.1, 0.15) is 16.7 Å². The standard InChI is InChI=1S/C20H21N3O3S/c1-13-10-14(2)20(15(3)11-13)27(24,25)23-17-7-5-6-16(12-17)18-8-9-19(26-4)22-21-18/h5-12,23H,1-4H3. The van der Waals surface area contributed by atoms with Crippen LogP contribution in [0.5, 0.6) is 5.88 Å². The van der Waals surface area contributed by atoms with Gasteiger partial charge in [0, 0.05) is 17.3 Å². The Bertz CT molecular complexity index is 1050. The molecule has 0 unspecified atom stereocenters. The molecule has 0 saturated heterocycles. The van der Waals surface area contributed by atoms with Gasteiger partial charge in [0.25, 0.3) is 10.0 Å². The normalized spacial score (nSPS) is 11.3. The fourth-order valence-electron chi connectivity index (χ4n) is 3.12. The summed E-state index contributed by atoms with van der Waals surface area (Å²) >= 11 is 0. The molecule has 0 saturated carbocycles. The molecular weight excluding hydrogens is 362 g/mol. The minimum atomic E-state index is -3.71. The highest BCUT2D eigenvalue weighted by molar-refractivity contribution is 7.92. The number of anilines is 1. The van der Waals surface area contributed by atoms with Crippen LogP contribution in [-0.4, -0.2) is 25.7 Å². The maximum absolute atomic E-state index is 12.9. The van der Waals surface area contributed by atoms with Crippen LogP contribution < -0.4 is 9.46 Å². The lowest BCUT2D eigenvalue weighted by Gasteiger charge is -2.14. The van der Waals surface area contributed by atoms with Crippen molar-refractivity contribution in [1.29, 1.82) is 0 Å². The van der Waals surface area contributed by atoms with Crippen molar-refractivity contribution in [2.24, 2.45) is 0 Å². The number of nitrogens with one attached hydrogen (secondary N) is 1. The van der Waals surface area contributed by atoms with Gasteiger partial charge in [0.15, 0.2) is 0 Å². The molecule has 0 fully saturated rings. The number of sulfonamides is 1. The van der Waals surface area contributed by atoms with E-state index in [4.69, 9.17) is 4.74 Å². The highest BCUT2D eigenvalue weighted by Crippen LogP contribution is 2.26. The highest BCUT2D eigenvalue weighted by Gasteiger charge is 2.20.